The lowest BCUT2D eigenvalue weighted by molar-refractivity contribution is 0.184. The van der Waals surface area contributed by atoms with Crippen molar-refractivity contribution < 1.29 is 9.84 Å². The van der Waals surface area contributed by atoms with Gasteiger partial charge in [-0.1, -0.05) is 18.7 Å². The Morgan fingerprint density at radius 1 is 1.38 bits per heavy atom. The summed E-state index contributed by atoms with van der Waals surface area (Å²) in [5, 5.41) is 8.98. The normalized spacial score (nSPS) is 10.0. The molecular formula is C11H14O2. The Labute approximate surface area is 78.5 Å². The molecule has 0 aliphatic rings. The standard InChI is InChI=1S/C11H14O2/c1-3-9-4-10(7-12)6-11(5-9)8-13-2/h3-6,12H,1,7-8H2,2H3. The van der Waals surface area contributed by atoms with E-state index in [-0.39, 0.29) is 6.61 Å². The molecule has 0 heterocycles. The van der Waals surface area contributed by atoms with Gasteiger partial charge in [-0.05, 0) is 28.8 Å². The number of aliphatic hydroxyl groups is 1. The first kappa shape index (κ1) is 9.96. The van der Waals surface area contributed by atoms with E-state index >= 15 is 0 Å². The number of methoxy groups -OCH3 is 1. The van der Waals surface area contributed by atoms with Crippen molar-refractivity contribution in [2.45, 2.75) is 13.2 Å². The molecule has 1 rings (SSSR count). The van der Waals surface area contributed by atoms with Crippen LogP contribution in [-0.2, 0) is 18.0 Å². The molecule has 0 bridgehead atoms. The average molecular weight is 178 g/mol. The van der Waals surface area contributed by atoms with E-state index < -0.39 is 0 Å². The maximum absolute atomic E-state index is 8.98. The number of hydrogen-bond donors (Lipinski definition) is 1. The maximum Gasteiger partial charge on any atom is 0.0713 e. The number of benzene rings is 1. The van der Waals surface area contributed by atoms with Gasteiger partial charge in [0.1, 0.15) is 0 Å². The van der Waals surface area contributed by atoms with E-state index in [1.165, 1.54) is 0 Å². The van der Waals surface area contributed by atoms with Crippen molar-refractivity contribution in [1.82, 2.24) is 0 Å². The van der Waals surface area contributed by atoms with Crippen molar-refractivity contribution in [2.24, 2.45) is 0 Å². The molecule has 0 amide bonds. The molecule has 2 nitrogen and oxygen atoms in total. The van der Waals surface area contributed by atoms with Crippen LogP contribution in [0.3, 0.4) is 0 Å². The summed E-state index contributed by atoms with van der Waals surface area (Å²) < 4.78 is 5.01. The van der Waals surface area contributed by atoms with Crippen LogP contribution in [0.25, 0.3) is 6.08 Å². The Morgan fingerprint density at radius 3 is 2.62 bits per heavy atom. The third kappa shape index (κ3) is 2.68. The molecule has 2 heteroatoms. The Bertz CT molecular complexity index is 292. The molecule has 1 aromatic carbocycles. The molecule has 0 unspecified atom stereocenters. The first-order chi connectivity index (χ1) is 6.30. The van der Waals surface area contributed by atoms with E-state index in [0.29, 0.717) is 6.61 Å². The highest BCUT2D eigenvalue weighted by atomic mass is 16.5. The second-order valence-electron chi connectivity index (χ2n) is 2.88. The number of rotatable bonds is 4. The Balaban J connectivity index is 2.99. The summed E-state index contributed by atoms with van der Waals surface area (Å²) in [6.07, 6.45) is 1.76. The number of hydrogen-bond acceptors (Lipinski definition) is 2. The summed E-state index contributed by atoms with van der Waals surface area (Å²) in [5.41, 5.74) is 2.96. The molecule has 0 atom stereocenters. The van der Waals surface area contributed by atoms with E-state index in [1.807, 2.05) is 18.2 Å². The van der Waals surface area contributed by atoms with E-state index in [2.05, 4.69) is 6.58 Å². The highest BCUT2D eigenvalue weighted by Crippen LogP contribution is 2.12. The molecule has 0 saturated carbocycles. The minimum Gasteiger partial charge on any atom is -0.392 e. The van der Waals surface area contributed by atoms with Crippen LogP contribution < -0.4 is 0 Å². The third-order valence-electron chi connectivity index (χ3n) is 1.80. The van der Waals surface area contributed by atoms with Gasteiger partial charge in [0.15, 0.2) is 0 Å². The van der Waals surface area contributed by atoms with Gasteiger partial charge in [-0.25, -0.2) is 0 Å². The van der Waals surface area contributed by atoms with Gasteiger partial charge in [0.2, 0.25) is 0 Å². The second-order valence-corrected chi connectivity index (χ2v) is 2.88. The molecule has 0 radical (unpaired) electrons. The van der Waals surface area contributed by atoms with Gasteiger partial charge in [0, 0.05) is 7.11 Å². The summed E-state index contributed by atoms with van der Waals surface area (Å²) >= 11 is 0. The largest absolute Gasteiger partial charge is 0.392 e. The molecule has 70 valence electrons. The fourth-order valence-corrected chi connectivity index (χ4v) is 1.25. The molecule has 1 N–H and O–H groups in total. The van der Waals surface area contributed by atoms with Crippen molar-refractivity contribution in [1.29, 1.82) is 0 Å². The monoisotopic (exact) mass is 178 g/mol. The highest BCUT2D eigenvalue weighted by Gasteiger charge is 1.97. The Kier molecular flexibility index (Phi) is 3.68. The number of ether oxygens (including phenoxy) is 1. The van der Waals surface area contributed by atoms with Crippen LogP contribution in [0, 0.1) is 0 Å². The minimum atomic E-state index is 0.0540. The van der Waals surface area contributed by atoms with Crippen molar-refractivity contribution in [3.63, 3.8) is 0 Å². The maximum atomic E-state index is 8.98. The topological polar surface area (TPSA) is 29.5 Å². The summed E-state index contributed by atoms with van der Waals surface area (Å²) in [6.45, 7) is 4.30. The SMILES string of the molecule is C=Cc1cc(CO)cc(COC)c1. The van der Waals surface area contributed by atoms with Crippen LogP contribution in [0.15, 0.2) is 24.8 Å². The van der Waals surface area contributed by atoms with Crippen molar-refractivity contribution >= 4 is 6.08 Å². The smallest absolute Gasteiger partial charge is 0.0713 e. The fraction of sp³-hybridized carbons (Fsp3) is 0.273. The van der Waals surface area contributed by atoms with E-state index in [0.717, 1.165) is 16.7 Å². The quantitative estimate of drug-likeness (QED) is 0.763. The molecule has 1 aromatic rings. The lowest BCUT2D eigenvalue weighted by Crippen LogP contribution is -1.92. The lowest BCUT2D eigenvalue weighted by Gasteiger charge is -2.04. The Morgan fingerprint density at radius 2 is 2.08 bits per heavy atom. The summed E-state index contributed by atoms with van der Waals surface area (Å²) in [4.78, 5) is 0. The zero-order valence-electron chi connectivity index (χ0n) is 7.79. The van der Waals surface area contributed by atoms with Gasteiger partial charge < -0.3 is 9.84 Å². The van der Waals surface area contributed by atoms with E-state index in [1.54, 1.807) is 13.2 Å². The van der Waals surface area contributed by atoms with Crippen molar-refractivity contribution in [3.05, 3.63) is 41.5 Å². The van der Waals surface area contributed by atoms with Crippen LogP contribution in [0.1, 0.15) is 16.7 Å². The van der Waals surface area contributed by atoms with Crippen LogP contribution >= 0.6 is 0 Å². The molecule has 13 heavy (non-hydrogen) atoms. The van der Waals surface area contributed by atoms with Gasteiger partial charge in [0.05, 0.1) is 13.2 Å². The van der Waals surface area contributed by atoms with Crippen LogP contribution in [0.4, 0.5) is 0 Å². The fourth-order valence-electron chi connectivity index (χ4n) is 1.25. The van der Waals surface area contributed by atoms with Gasteiger partial charge >= 0.3 is 0 Å². The molecule has 0 aliphatic heterocycles. The summed E-state index contributed by atoms with van der Waals surface area (Å²) in [6, 6.07) is 5.83. The average Bonchev–Trinajstić information content (AvgIpc) is 2.17. The molecule has 0 saturated heterocycles. The highest BCUT2D eigenvalue weighted by molar-refractivity contribution is 5.49. The third-order valence-corrected chi connectivity index (χ3v) is 1.80. The first-order valence-electron chi connectivity index (χ1n) is 4.15. The first-order valence-corrected chi connectivity index (χ1v) is 4.15. The van der Waals surface area contributed by atoms with E-state index in [4.69, 9.17) is 9.84 Å². The van der Waals surface area contributed by atoms with Crippen LogP contribution in [0.5, 0.6) is 0 Å². The van der Waals surface area contributed by atoms with Gasteiger partial charge in [-0.2, -0.15) is 0 Å². The Hall–Kier alpha value is -1.12. The van der Waals surface area contributed by atoms with Crippen LogP contribution in [0.2, 0.25) is 0 Å². The molecule has 0 spiro atoms. The zero-order chi connectivity index (χ0) is 9.68. The minimum absolute atomic E-state index is 0.0540. The number of aliphatic hydroxyl groups excluding tert-OH is 1. The summed E-state index contributed by atoms with van der Waals surface area (Å²) in [5.74, 6) is 0. The molecule has 0 aromatic heterocycles. The second kappa shape index (κ2) is 4.80. The van der Waals surface area contributed by atoms with Gasteiger partial charge in [0.25, 0.3) is 0 Å². The van der Waals surface area contributed by atoms with Gasteiger partial charge in [-0.15, -0.1) is 0 Å². The lowest BCUT2D eigenvalue weighted by atomic mass is 10.1. The molecular weight excluding hydrogens is 164 g/mol. The van der Waals surface area contributed by atoms with E-state index in [9.17, 15) is 0 Å². The van der Waals surface area contributed by atoms with Crippen molar-refractivity contribution in [3.8, 4) is 0 Å². The molecule has 0 aliphatic carbocycles. The molecule has 0 fully saturated rings. The van der Waals surface area contributed by atoms with Crippen LogP contribution in [-0.4, -0.2) is 12.2 Å². The van der Waals surface area contributed by atoms with Gasteiger partial charge in [-0.3, -0.25) is 0 Å². The van der Waals surface area contributed by atoms with Crippen molar-refractivity contribution in [2.75, 3.05) is 7.11 Å². The predicted molar refractivity (Wildman–Crippen MR) is 53.2 cm³/mol. The summed E-state index contributed by atoms with van der Waals surface area (Å²) in [7, 11) is 1.65. The zero-order valence-corrected chi connectivity index (χ0v) is 7.79. The predicted octanol–water partition coefficient (Wildman–Crippen LogP) is 1.97.